The van der Waals surface area contributed by atoms with Crippen LogP contribution in [-0.2, 0) is 0 Å². The maximum atomic E-state index is 12.5. The van der Waals surface area contributed by atoms with Gasteiger partial charge in [0.25, 0.3) is 5.91 Å². The van der Waals surface area contributed by atoms with Crippen molar-refractivity contribution in [3.05, 3.63) is 63.1 Å². The van der Waals surface area contributed by atoms with Crippen LogP contribution in [0.3, 0.4) is 0 Å². The van der Waals surface area contributed by atoms with Gasteiger partial charge in [0.2, 0.25) is 0 Å². The highest BCUT2D eigenvalue weighted by atomic mass is 79.9. The first-order valence-corrected chi connectivity index (χ1v) is 10.8. The molecule has 1 heterocycles. The molecule has 3 rings (SSSR count). The number of carbonyl (C=O) groups excluding carboxylic acids is 1. The van der Waals surface area contributed by atoms with Gasteiger partial charge in [0.05, 0.1) is 24.4 Å². The molecule has 2 aromatic rings. The monoisotopic (exact) mass is 469 g/mol. The van der Waals surface area contributed by atoms with E-state index in [1.54, 1.807) is 18.3 Å². The van der Waals surface area contributed by atoms with Crippen LogP contribution >= 0.6 is 15.9 Å². The van der Waals surface area contributed by atoms with Crippen LogP contribution in [0.1, 0.15) is 54.7 Å². The van der Waals surface area contributed by atoms with E-state index >= 15 is 0 Å². The Morgan fingerprint density at radius 1 is 1.27 bits per heavy atom. The van der Waals surface area contributed by atoms with Crippen LogP contribution in [0.25, 0.3) is 5.57 Å². The third-order valence-electron chi connectivity index (χ3n) is 5.46. The minimum atomic E-state index is -0.324. The number of methoxy groups -OCH3 is 1. The fourth-order valence-electron chi connectivity index (χ4n) is 4.04. The minimum Gasteiger partial charge on any atom is -0.496 e. The summed E-state index contributed by atoms with van der Waals surface area (Å²) in [6, 6.07) is 9.63. The lowest BCUT2D eigenvalue weighted by Gasteiger charge is -2.43. The molecular formula is C24H28BrN3O2. The van der Waals surface area contributed by atoms with Crippen molar-refractivity contribution in [2.24, 2.45) is 5.10 Å². The van der Waals surface area contributed by atoms with E-state index < -0.39 is 0 Å². The van der Waals surface area contributed by atoms with E-state index in [0.29, 0.717) is 11.3 Å². The molecule has 30 heavy (non-hydrogen) atoms. The average Bonchev–Trinajstić information content (AvgIpc) is 2.68. The van der Waals surface area contributed by atoms with Crippen LogP contribution in [0.15, 0.2) is 46.0 Å². The number of anilines is 1. The van der Waals surface area contributed by atoms with E-state index in [4.69, 9.17) is 4.74 Å². The summed E-state index contributed by atoms with van der Waals surface area (Å²) < 4.78 is 6.07. The molecule has 0 spiro atoms. The van der Waals surface area contributed by atoms with Gasteiger partial charge in [-0.2, -0.15) is 5.10 Å². The number of amides is 1. The van der Waals surface area contributed by atoms with Crippen molar-refractivity contribution in [2.75, 3.05) is 18.6 Å². The molecule has 1 aliphatic rings. The lowest BCUT2D eigenvalue weighted by molar-refractivity contribution is 0.0952. The Labute approximate surface area is 186 Å². The van der Waals surface area contributed by atoms with Gasteiger partial charge in [0.15, 0.2) is 0 Å². The Kier molecular flexibility index (Phi) is 6.36. The Hall–Kier alpha value is -2.60. The number of hydrogen-bond acceptors (Lipinski definition) is 4. The molecule has 0 radical (unpaired) electrons. The summed E-state index contributed by atoms with van der Waals surface area (Å²) in [4.78, 5) is 15.0. The first-order valence-electron chi connectivity index (χ1n) is 9.97. The predicted molar refractivity (Wildman–Crippen MR) is 128 cm³/mol. The van der Waals surface area contributed by atoms with Crippen LogP contribution in [-0.4, -0.2) is 31.3 Å². The SMILES string of the molecule is CCN1c2cc(C)c(/C=N/NC(=O)c3cc(Br)ccc3OC)cc2C(C)=CC1(C)C. The number of likely N-dealkylation sites (N-methyl/N-ethyl adjacent to an activating group) is 1. The maximum absolute atomic E-state index is 12.5. The zero-order chi connectivity index (χ0) is 22.1. The molecule has 0 bridgehead atoms. The number of ether oxygens (including phenoxy) is 1. The molecule has 158 valence electrons. The molecule has 0 saturated heterocycles. The van der Waals surface area contributed by atoms with E-state index in [-0.39, 0.29) is 11.4 Å². The fourth-order valence-corrected chi connectivity index (χ4v) is 4.40. The Morgan fingerprint density at radius 3 is 2.67 bits per heavy atom. The number of benzene rings is 2. The average molecular weight is 470 g/mol. The quantitative estimate of drug-likeness (QED) is 0.461. The van der Waals surface area contributed by atoms with E-state index in [1.165, 1.54) is 23.9 Å². The number of halogens is 1. The second kappa shape index (κ2) is 8.64. The molecule has 0 aromatic heterocycles. The summed E-state index contributed by atoms with van der Waals surface area (Å²) in [7, 11) is 1.54. The topological polar surface area (TPSA) is 53.9 Å². The zero-order valence-electron chi connectivity index (χ0n) is 18.3. The Balaban J connectivity index is 1.87. The standard InChI is InChI=1S/C24H28BrN3O2/c1-7-28-21-10-15(2)17(11-19(21)16(3)13-24(28,4)5)14-26-27-23(29)20-12-18(25)8-9-22(20)30-6/h8-14H,7H2,1-6H3,(H,27,29)/b26-14+. The number of nitrogens with one attached hydrogen (secondary N) is 1. The molecule has 1 N–H and O–H groups in total. The molecule has 1 amide bonds. The third kappa shape index (κ3) is 4.29. The van der Waals surface area contributed by atoms with E-state index in [1.807, 2.05) is 6.07 Å². The molecule has 6 heteroatoms. The lowest BCUT2D eigenvalue weighted by Crippen LogP contribution is -2.45. The zero-order valence-corrected chi connectivity index (χ0v) is 19.9. The van der Waals surface area contributed by atoms with Crippen LogP contribution in [0, 0.1) is 6.92 Å². The maximum Gasteiger partial charge on any atom is 0.275 e. The summed E-state index contributed by atoms with van der Waals surface area (Å²) in [6.07, 6.45) is 4.00. The summed E-state index contributed by atoms with van der Waals surface area (Å²) >= 11 is 3.38. The molecule has 2 aromatic carbocycles. The molecule has 0 unspecified atom stereocenters. The second-order valence-electron chi connectivity index (χ2n) is 7.99. The number of carbonyl (C=O) groups is 1. The van der Waals surface area contributed by atoms with Crippen molar-refractivity contribution in [3.8, 4) is 5.75 Å². The van der Waals surface area contributed by atoms with Gasteiger partial charge in [0, 0.05) is 22.3 Å². The molecule has 5 nitrogen and oxygen atoms in total. The van der Waals surface area contributed by atoms with Crippen molar-refractivity contribution in [3.63, 3.8) is 0 Å². The van der Waals surface area contributed by atoms with Gasteiger partial charge in [-0.3, -0.25) is 4.79 Å². The van der Waals surface area contributed by atoms with Gasteiger partial charge in [-0.15, -0.1) is 0 Å². The number of nitrogens with zero attached hydrogens (tertiary/aromatic N) is 2. The number of aryl methyl sites for hydroxylation is 1. The third-order valence-corrected chi connectivity index (χ3v) is 5.95. The first kappa shape index (κ1) is 22.1. The number of hydrogen-bond donors (Lipinski definition) is 1. The molecule has 0 saturated carbocycles. The predicted octanol–water partition coefficient (Wildman–Crippen LogP) is 5.55. The van der Waals surface area contributed by atoms with Crippen LogP contribution in [0.5, 0.6) is 5.75 Å². The van der Waals surface area contributed by atoms with E-state index in [0.717, 1.165) is 22.1 Å². The van der Waals surface area contributed by atoms with Crippen molar-refractivity contribution in [2.45, 2.75) is 40.2 Å². The summed E-state index contributed by atoms with van der Waals surface area (Å²) in [5.74, 6) is 0.175. The van der Waals surface area contributed by atoms with Gasteiger partial charge in [-0.1, -0.05) is 22.0 Å². The van der Waals surface area contributed by atoms with Crippen molar-refractivity contribution >= 4 is 39.3 Å². The Morgan fingerprint density at radius 2 is 2.00 bits per heavy atom. The summed E-state index contributed by atoms with van der Waals surface area (Å²) in [5.41, 5.74) is 8.76. The molecule has 0 aliphatic carbocycles. The number of rotatable bonds is 5. The first-order chi connectivity index (χ1) is 14.2. The highest BCUT2D eigenvalue weighted by Crippen LogP contribution is 2.39. The fraction of sp³-hybridized carbons (Fsp3) is 0.333. The lowest BCUT2D eigenvalue weighted by atomic mass is 9.87. The molecule has 0 atom stereocenters. The van der Waals surface area contributed by atoms with Crippen LogP contribution in [0.2, 0.25) is 0 Å². The number of fused-ring (bicyclic) bond motifs is 1. The van der Waals surface area contributed by atoms with E-state index in [2.05, 4.69) is 84.2 Å². The Bertz CT molecular complexity index is 1040. The van der Waals surface area contributed by atoms with Crippen LogP contribution < -0.4 is 15.1 Å². The smallest absolute Gasteiger partial charge is 0.275 e. The second-order valence-corrected chi connectivity index (χ2v) is 8.91. The highest BCUT2D eigenvalue weighted by Gasteiger charge is 2.30. The van der Waals surface area contributed by atoms with Crippen molar-refractivity contribution in [1.29, 1.82) is 0 Å². The van der Waals surface area contributed by atoms with E-state index in [9.17, 15) is 4.79 Å². The minimum absolute atomic E-state index is 0.0229. The summed E-state index contributed by atoms with van der Waals surface area (Å²) in [5, 5.41) is 4.20. The van der Waals surface area contributed by atoms with Gasteiger partial charge >= 0.3 is 0 Å². The molecule has 0 fully saturated rings. The normalized spacial score (nSPS) is 15.0. The molecule has 1 aliphatic heterocycles. The van der Waals surface area contributed by atoms with Crippen LogP contribution in [0.4, 0.5) is 5.69 Å². The van der Waals surface area contributed by atoms with Gasteiger partial charge in [-0.25, -0.2) is 5.43 Å². The van der Waals surface area contributed by atoms with Crippen molar-refractivity contribution < 1.29 is 9.53 Å². The van der Waals surface area contributed by atoms with Gasteiger partial charge < -0.3 is 9.64 Å². The molecular weight excluding hydrogens is 442 g/mol. The van der Waals surface area contributed by atoms with Gasteiger partial charge in [-0.05, 0) is 81.7 Å². The van der Waals surface area contributed by atoms with Gasteiger partial charge in [0.1, 0.15) is 5.75 Å². The summed E-state index contributed by atoms with van der Waals surface area (Å²) in [6.45, 7) is 11.8. The van der Waals surface area contributed by atoms with Crippen molar-refractivity contribution in [1.82, 2.24) is 5.43 Å². The highest BCUT2D eigenvalue weighted by molar-refractivity contribution is 9.10. The number of allylic oxidation sites excluding steroid dienone is 1. The largest absolute Gasteiger partial charge is 0.496 e. The number of hydrazone groups is 1.